The molecule has 0 saturated heterocycles. The van der Waals surface area contributed by atoms with Gasteiger partial charge in [0.2, 0.25) is 0 Å². The van der Waals surface area contributed by atoms with E-state index >= 15 is 0 Å². The highest BCUT2D eigenvalue weighted by Gasteiger charge is 2.22. The zero-order valence-corrected chi connectivity index (χ0v) is 10.5. The molecule has 1 aromatic carbocycles. The Bertz CT molecular complexity index is 462. The summed E-state index contributed by atoms with van der Waals surface area (Å²) in [5.74, 6) is -1.56. The number of rotatable bonds is 5. The van der Waals surface area contributed by atoms with E-state index in [1.807, 2.05) is 0 Å². The normalized spacial score (nSPS) is 12.1. The van der Waals surface area contributed by atoms with Crippen LogP contribution in [-0.2, 0) is 4.79 Å². The Morgan fingerprint density at radius 2 is 2.00 bits per heavy atom. The molecule has 0 heterocycles. The third kappa shape index (κ3) is 2.70. The van der Waals surface area contributed by atoms with Crippen molar-refractivity contribution in [1.82, 2.24) is 0 Å². The van der Waals surface area contributed by atoms with E-state index in [1.54, 1.807) is 6.92 Å². The number of carbonyl (C=O) groups is 1. The smallest absolute Gasteiger partial charge is 0.305 e. The molecule has 1 atom stereocenters. The number of methoxy groups -OCH3 is 2. The fourth-order valence-electron chi connectivity index (χ4n) is 1.78. The minimum Gasteiger partial charge on any atom is -0.492 e. The van der Waals surface area contributed by atoms with Gasteiger partial charge in [-0.05, 0) is 18.6 Å². The second kappa shape index (κ2) is 5.68. The van der Waals surface area contributed by atoms with Gasteiger partial charge in [-0.3, -0.25) is 4.79 Å². The van der Waals surface area contributed by atoms with Crippen molar-refractivity contribution in [2.75, 3.05) is 14.2 Å². The lowest BCUT2D eigenvalue weighted by Gasteiger charge is -2.17. The number of benzene rings is 1. The first-order chi connectivity index (χ1) is 8.42. The molecule has 1 unspecified atom stereocenters. The van der Waals surface area contributed by atoms with Crippen LogP contribution in [0.5, 0.6) is 11.5 Å². The van der Waals surface area contributed by atoms with E-state index in [1.165, 1.54) is 20.3 Å². The topological polar surface area (TPSA) is 81.8 Å². The van der Waals surface area contributed by atoms with E-state index in [-0.39, 0.29) is 23.5 Å². The summed E-state index contributed by atoms with van der Waals surface area (Å²) < 4.78 is 24.1. The van der Waals surface area contributed by atoms with Crippen LogP contribution < -0.4 is 15.2 Å². The lowest BCUT2D eigenvalue weighted by molar-refractivity contribution is -0.137. The Balaban J connectivity index is 3.30. The van der Waals surface area contributed by atoms with Gasteiger partial charge in [-0.25, -0.2) is 4.39 Å². The summed E-state index contributed by atoms with van der Waals surface area (Å²) in [5.41, 5.74) is 6.40. The third-order valence-electron chi connectivity index (χ3n) is 2.59. The summed E-state index contributed by atoms with van der Waals surface area (Å²) in [6.45, 7) is 1.71. The Morgan fingerprint density at radius 1 is 1.44 bits per heavy atom. The van der Waals surface area contributed by atoms with E-state index in [0.717, 1.165) is 0 Å². The molecule has 0 amide bonds. The van der Waals surface area contributed by atoms with Crippen LogP contribution in [0.1, 0.15) is 23.6 Å². The molecule has 3 N–H and O–H groups in total. The molecule has 1 aromatic rings. The van der Waals surface area contributed by atoms with Crippen molar-refractivity contribution in [2.45, 2.75) is 19.4 Å². The van der Waals surface area contributed by atoms with Crippen LogP contribution in [0.3, 0.4) is 0 Å². The summed E-state index contributed by atoms with van der Waals surface area (Å²) in [6, 6.07) is 0.547. The molecule has 5 nitrogen and oxygen atoms in total. The molecular formula is C12H16FNO4. The number of ether oxygens (including phenoxy) is 2. The van der Waals surface area contributed by atoms with Crippen LogP contribution in [0.25, 0.3) is 0 Å². The fourth-order valence-corrected chi connectivity index (χ4v) is 1.78. The second-order valence-corrected chi connectivity index (χ2v) is 3.87. The van der Waals surface area contributed by atoms with E-state index in [4.69, 9.17) is 20.3 Å². The highest BCUT2D eigenvalue weighted by molar-refractivity contribution is 5.68. The number of hydrogen-bond donors (Lipinski definition) is 2. The molecule has 1 rings (SSSR count). The van der Waals surface area contributed by atoms with Gasteiger partial charge in [-0.15, -0.1) is 0 Å². The lowest BCUT2D eigenvalue weighted by atomic mass is 10.0. The number of carboxylic acids is 1. The summed E-state index contributed by atoms with van der Waals surface area (Å²) in [6.07, 6.45) is -0.355. The van der Waals surface area contributed by atoms with Gasteiger partial charge in [-0.2, -0.15) is 0 Å². The van der Waals surface area contributed by atoms with Gasteiger partial charge < -0.3 is 20.3 Å². The average molecular weight is 257 g/mol. The predicted molar refractivity (Wildman–Crippen MR) is 63.4 cm³/mol. The minimum absolute atomic E-state index is 0.0617. The Labute approximate surface area is 104 Å². The Hall–Kier alpha value is -1.82. The van der Waals surface area contributed by atoms with Gasteiger partial charge in [0.15, 0.2) is 17.3 Å². The lowest BCUT2D eigenvalue weighted by Crippen LogP contribution is -2.17. The van der Waals surface area contributed by atoms with Crippen molar-refractivity contribution in [3.8, 4) is 11.5 Å². The van der Waals surface area contributed by atoms with E-state index in [2.05, 4.69) is 0 Å². The van der Waals surface area contributed by atoms with Crippen LogP contribution in [0, 0.1) is 12.7 Å². The summed E-state index contributed by atoms with van der Waals surface area (Å²) in [4.78, 5) is 10.6. The van der Waals surface area contributed by atoms with Crippen molar-refractivity contribution in [2.24, 2.45) is 5.73 Å². The van der Waals surface area contributed by atoms with Gasteiger partial charge in [0.1, 0.15) is 0 Å². The quantitative estimate of drug-likeness (QED) is 0.837. The van der Waals surface area contributed by atoms with Gasteiger partial charge in [0.05, 0.1) is 20.6 Å². The number of nitrogens with two attached hydrogens (primary N) is 1. The van der Waals surface area contributed by atoms with Gasteiger partial charge in [0.25, 0.3) is 0 Å². The molecule has 6 heteroatoms. The van der Waals surface area contributed by atoms with Crippen LogP contribution in [0.2, 0.25) is 0 Å². The maximum absolute atomic E-state index is 14.1. The predicted octanol–water partition coefficient (Wildman–Crippen LogP) is 1.63. The molecule has 0 aliphatic heterocycles. The second-order valence-electron chi connectivity index (χ2n) is 3.87. The third-order valence-corrected chi connectivity index (χ3v) is 2.59. The number of carboxylic acid groups (broad SMARTS) is 1. The van der Waals surface area contributed by atoms with Crippen molar-refractivity contribution < 1.29 is 23.8 Å². The molecule has 100 valence electrons. The zero-order valence-electron chi connectivity index (χ0n) is 10.5. The average Bonchev–Trinajstić information content (AvgIpc) is 2.29. The largest absolute Gasteiger partial charge is 0.492 e. The first kappa shape index (κ1) is 14.2. The highest BCUT2D eigenvalue weighted by atomic mass is 19.1. The minimum atomic E-state index is -1.09. The molecular weight excluding hydrogens is 241 g/mol. The monoisotopic (exact) mass is 257 g/mol. The number of halogens is 1. The summed E-state index contributed by atoms with van der Waals surface area (Å²) in [7, 11) is 2.72. The van der Waals surface area contributed by atoms with E-state index in [9.17, 15) is 9.18 Å². The van der Waals surface area contributed by atoms with Crippen LogP contribution in [-0.4, -0.2) is 25.3 Å². The molecule has 0 aliphatic rings. The van der Waals surface area contributed by atoms with Crippen molar-refractivity contribution in [3.05, 3.63) is 23.0 Å². The van der Waals surface area contributed by atoms with Gasteiger partial charge >= 0.3 is 5.97 Å². The van der Waals surface area contributed by atoms with Crippen LogP contribution >= 0.6 is 0 Å². The van der Waals surface area contributed by atoms with Crippen LogP contribution in [0.4, 0.5) is 4.39 Å². The van der Waals surface area contributed by atoms with Crippen molar-refractivity contribution in [1.29, 1.82) is 0 Å². The molecule has 18 heavy (non-hydrogen) atoms. The van der Waals surface area contributed by atoms with Crippen LogP contribution in [0.15, 0.2) is 6.07 Å². The first-order valence-electron chi connectivity index (χ1n) is 5.30. The molecule has 0 aliphatic carbocycles. The maximum Gasteiger partial charge on any atom is 0.305 e. The number of hydrogen-bond acceptors (Lipinski definition) is 4. The van der Waals surface area contributed by atoms with Crippen molar-refractivity contribution in [3.63, 3.8) is 0 Å². The number of aliphatic carboxylic acids is 1. The molecule has 0 spiro atoms. The SMILES string of the molecule is COc1c(C)cc(C(N)CC(=O)O)c(F)c1OC. The molecule has 0 fully saturated rings. The number of aryl methyl sites for hydroxylation is 1. The Morgan fingerprint density at radius 3 is 2.44 bits per heavy atom. The summed E-state index contributed by atoms with van der Waals surface area (Å²) >= 11 is 0. The standard InChI is InChI=1S/C12H16FNO4/c1-6-4-7(8(14)5-9(15)16)10(13)12(18-3)11(6)17-2/h4,8H,5,14H2,1-3H3,(H,15,16). The summed E-state index contributed by atoms with van der Waals surface area (Å²) in [5, 5.41) is 8.67. The molecule has 0 aromatic heterocycles. The van der Waals surface area contributed by atoms with Crippen molar-refractivity contribution >= 4 is 5.97 Å². The molecule has 0 saturated carbocycles. The van der Waals surface area contributed by atoms with Gasteiger partial charge in [0, 0.05) is 11.6 Å². The highest BCUT2D eigenvalue weighted by Crippen LogP contribution is 2.37. The Kier molecular flexibility index (Phi) is 4.49. The zero-order chi connectivity index (χ0) is 13.9. The molecule has 0 radical (unpaired) electrons. The maximum atomic E-state index is 14.1. The fraction of sp³-hybridized carbons (Fsp3) is 0.417. The first-order valence-corrected chi connectivity index (χ1v) is 5.30. The van der Waals surface area contributed by atoms with E-state index in [0.29, 0.717) is 5.56 Å². The van der Waals surface area contributed by atoms with Gasteiger partial charge in [-0.1, -0.05) is 0 Å². The van der Waals surface area contributed by atoms with E-state index < -0.39 is 17.8 Å². The molecule has 0 bridgehead atoms.